The van der Waals surface area contributed by atoms with Crippen LogP contribution in [-0.2, 0) is 20.8 Å². The van der Waals surface area contributed by atoms with Gasteiger partial charge in [0.05, 0.1) is 5.71 Å². The van der Waals surface area contributed by atoms with Gasteiger partial charge in [0, 0.05) is 38.0 Å². The first-order chi connectivity index (χ1) is 16.8. The lowest BCUT2D eigenvalue weighted by molar-refractivity contribution is -0.137. The highest BCUT2D eigenvalue weighted by Gasteiger charge is 2.25. The summed E-state index contributed by atoms with van der Waals surface area (Å²) in [5.41, 5.74) is 7.28. The lowest BCUT2D eigenvalue weighted by atomic mass is 9.94. The molecule has 190 valence electrons. The molecule has 0 spiro atoms. The van der Waals surface area contributed by atoms with E-state index < -0.39 is 12.1 Å². The first-order valence-corrected chi connectivity index (χ1v) is 12.1. The van der Waals surface area contributed by atoms with Crippen LogP contribution in [0.3, 0.4) is 0 Å². The van der Waals surface area contributed by atoms with Gasteiger partial charge in [-0.2, -0.15) is 0 Å². The number of nitrogens with two attached hydrogens (primary N) is 1. The molecule has 0 bridgehead atoms. The number of benzene rings is 1. The molecule has 1 aromatic carbocycles. The number of aromatic hydroxyl groups is 2. The molecule has 3 rings (SSSR count). The van der Waals surface area contributed by atoms with Gasteiger partial charge in [0.2, 0.25) is 0 Å². The number of phenols is 2. The summed E-state index contributed by atoms with van der Waals surface area (Å²) in [6.45, 7) is 4.64. The van der Waals surface area contributed by atoms with Crippen molar-refractivity contribution in [1.82, 2.24) is 4.90 Å². The fourth-order valence-corrected chi connectivity index (χ4v) is 4.14. The Labute approximate surface area is 205 Å². The minimum absolute atomic E-state index is 0.0321. The second-order valence-electron chi connectivity index (χ2n) is 9.05. The average Bonchev–Trinajstić information content (AvgIpc) is 2.82. The Morgan fingerprint density at radius 3 is 2.69 bits per heavy atom. The third kappa shape index (κ3) is 7.32. The molecule has 9 nitrogen and oxygen atoms in total. The number of nitrogens with zero attached hydrogens (tertiary/aromatic N) is 2. The molecule has 4 N–H and O–H groups in total. The molecule has 2 heterocycles. The number of carbonyl (C=O) groups is 2. The van der Waals surface area contributed by atoms with Crippen LogP contribution in [-0.4, -0.2) is 64.5 Å². The van der Waals surface area contributed by atoms with Gasteiger partial charge in [-0.15, -0.1) is 0 Å². The van der Waals surface area contributed by atoms with Crippen LogP contribution >= 0.6 is 0 Å². The van der Waals surface area contributed by atoms with Gasteiger partial charge >= 0.3 is 5.97 Å². The third-order valence-electron chi connectivity index (χ3n) is 6.19. The highest BCUT2D eigenvalue weighted by atomic mass is 16.6. The minimum atomic E-state index is -0.701. The number of piperidine rings is 1. The van der Waals surface area contributed by atoms with Crippen LogP contribution in [0.5, 0.6) is 11.5 Å². The number of allylic oxidation sites excluding steroid dienone is 1. The number of oxime groups is 1. The van der Waals surface area contributed by atoms with E-state index in [1.54, 1.807) is 24.8 Å². The van der Waals surface area contributed by atoms with Crippen LogP contribution in [0, 0.1) is 6.92 Å². The quantitative estimate of drug-likeness (QED) is 0.340. The summed E-state index contributed by atoms with van der Waals surface area (Å²) in [5.74, 6) is -1.37. The van der Waals surface area contributed by atoms with Gasteiger partial charge in [0.25, 0.3) is 5.91 Å². The number of hydrogen-bond acceptors (Lipinski definition) is 8. The summed E-state index contributed by atoms with van der Waals surface area (Å²) < 4.78 is 5.54. The van der Waals surface area contributed by atoms with Gasteiger partial charge in [0.15, 0.2) is 6.61 Å². The molecule has 1 amide bonds. The number of cyclic esters (lactones) is 1. The molecule has 1 fully saturated rings. The highest BCUT2D eigenvalue weighted by molar-refractivity contribution is 6.01. The van der Waals surface area contributed by atoms with E-state index in [0.717, 1.165) is 38.4 Å². The standard InChI is InChI=1S/C26H35N3O6/c1-17-8-6-9-19(27)10-7-11-20(28-34-16-24(32)29-12-4-3-5-13-29)14-21-18(2)22(30)15-23(31)25(21)26(33)35-17/h6-7,9,11,15,17,19,30-31H,3-5,8,10,12-14,16,27H2,1-2H3/b9-6+,11-7+,28-20-/t17-,19+/m1/s1. The number of likely N-dealkylation sites (tertiary alicyclic amines) is 1. The number of esters is 1. The molecular weight excluding hydrogens is 450 g/mol. The summed E-state index contributed by atoms with van der Waals surface area (Å²) in [6.07, 6.45) is 11.0. The Kier molecular flexibility index (Phi) is 9.31. The number of phenolic OH excluding ortho intramolecular Hbond substituents is 2. The van der Waals surface area contributed by atoms with Gasteiger partial charge in [-0.3, -0.25) is 4.79 Å². The number of carbonyl (C=O) groups excluding carboxylic acids is 2. The normalized spacial score (nSPS) is 24.7. The summed E-state index contributed by atoms with van der Waals surface area (Å²) in [6, 6.07) is 0.893. The molecule has 0 aliphatic carbocycles. The van der Waals surface area contributed by atoms with Crippen molar-refractivity contribution >= 4 is 17.6 Å². The fraction of sp³-hybridized carbons (Fsp3) is 0.500. The van der Waals surface area contributed by atoms with Crippen LogP contribution in [0.1, 0.15) is 60.5 Å². The van der Waals surface area contributed by atoms with Crippen molar-refractivity contribution in [2.45, 2.75) is 64.5 Å². The molecule has 0 unspecified atom stereocenters. The molecular formula is C26H35N3O6. The number of rotatable bonds is 3. The molecule has 2 aliphatic heterocycles. The van der Waals surface area contributed by atoms with Crippen LogP contribution in [0.15, 0.2) is 35.5 Å². The topological polar surface area (TPSA) is 135 Å². The van der Waals surface area contributed by atoms with E-state index >= 15 is 0 Å². The molecule has 0 saturated carbocycles. The smallest absolute Gasteiger partial charge is 0.342 e. The van der Waals surface area contributed by atoms with Crippen molar-refractivity contribution < 1.29 is 29.4 Å². The van der Waals surface area contributed by atoms with Gasteiger partial charge in [0.1, 0.15) is 23.2 Å². The molecule has 35 heavy (non-hydrogen) atoms. The number of fused-ring (bicyclic) bond motifs is 1. The van der Waals surface area contributed by atoms with Crippen LogP contribution < -0.4 is 5.73 Å². The second kappa shape index (κ2) is 12.4. The zero-order valence-electron chi connectivity index (χ0n) is 20.4. The summed E-state index contributed by atoms with van der Waals surface area (Å²) >= 11 is 0. The molecule has 2 aliphatic rings. The second-order valence-corrected chi connectivity index (χ2v) is 9.05. The monoisotopic (exact) mass is 485 g/mol. The van der Waals surface area contributed by atoms with E-state index in [-0.39, 0.29) is 42.0 Å². The van der Waals surface area contributed by atoms with Crippen LogP contribution in [0.2, 0.25) is 0 Å². The van der Waals surface area contributed by atoms with E-state index in [1.165, 1.54) is 0 Å². The van der Waals surface area contributed by atoms with E-state index in [1.807, 2.05) is 18.2 Å². The van der Waals surface area contributed by atoms with E-state index in [4.69, 9.17) is 15.3 Å². The Hall–Kier alpha value is -3.33. The first-order valence-electron chi connectivity index (χ1n) is 12.1. The Bertz CT molecular complexity index is 1010. The lowest BCUT2D eigenvalue weighted by Crippen LogP contribution is -2.37. The van der Waals surface area contributed by atoms with Crippen LogP contribution in [0.25, 0.3) is 0 Å². The van der Waals surface area contributed by atoms with Crippen molar-refractivity contribution in [1.29, 1.82) is 0 Å². The molecule has 1 saturated heterocycles. The predicted molar refractivity (Wildman–Crippen MR) is 132 cm³/mol. The van der Waals surface area contributed by atoms with E-state index in [2.05, 4.69) is 5.16 Å². The molecule has 9 heteroatoms. The highest BCUT2D eigenvalue weighted by Crippen LogP contribution is 2.33. The number of hydrogen-bond donors (Lipinski definition) is 3. The average molecular weight is 486 g/mol. The van der Waals surface area contributed by atoms with E-state index in [9.17, 15) is 19.8 Å². The largest absolute Gasteiger partial charge is 0.508 e. The van der Waals surface area contributed by atoms with Crippen molar-refractivity contribution in [3.05, 3.63) is 47.1 Å². The Morgan fingerprint density at radius 1 is 1.20 bits per heavy atom. The van der Waals surface area contributed by atoms with Gasteiger partial charge in [-0.25, -0.2) is 4.79 Å². The third-order valence-corrected chi connectivity index (χ3v) is 6.19. The maximum Gasteiger partial charge on any atom is 0.342 e. The van der Waals surface area contributed by atoms with Crippen molar-refractivity contribution in [3.8, 4) is 11.5 Å². The number of amides is 1. The summed E-state index contributed by atoms with van der Waals surface area (Å²) in [7, 11) is 0. The van der Waals surface area contributed by atoms with Gasteiger partial charge in [-0.1, -0.05) is 23.4 Å². The molecule has 2 atom stereocenters. The maximum atomic E-state index is 13.0. The minimum Gasteiger partial charge on any atom is -0.508 e. The maximum absolute atomic E-state index is 13.0. The van der Waals surface area contributed by atoms with Gasteiger partial charge in [-0.05, 0) is 56.7 Å². The fourth-order valence-electron chi connectivity index (χ4n) is 4.14. The van der Waals surface area contributed by atoms with Crippen molar-refractivity contribution in [2.24, 2.45) is 10.9 Å². The van der Waals surface area contributed by atoms with Crippen molar-refractivity contribution in [3.63, 3.8) is 0 Å². The zero-order chi connectivity index (χ0) is 25.4. The molecule has 0 radical (unpaired) electrons. The van der Waals surface area contributed by atoms with E-state index in [0.29, 0.717) is 29.7 Å². The molecule has 1 aromatic rings. The SMILES string of the molecule is Cc1c(O)cc(O)c2c1CC(=N\OCC(=O)N1CCCCC1)/C=C/C[C@@H](N)/C=C/C[C@@H](C)OC2=O. The Morgan fingerprint density at radius 2 is 1.94 bits per heavy atom. The summed E-state index contributed by atoms with van der Waals surface area (Å²) in [4.78, 5) is 32.6. The lowest BCUT2D eigenvalue weighted by Gasteiger charge is -2.26. The number of ether oxygens (including phenoxy) is 1. The van der Waals surface area contributed by atoms with Gasteiger partial charge < -0.3 is 30.4 Å². The Balaban J connectivity index is 1.91. The van der Waals surface area contributed by atoms with Crippen LogP contribution in [0.4, 0.5) is 0 Å². The van der Waals surface area contributed by atoms with Crippen molar-refractivity contribution in [2.75, 3.05) is 19.7 Å². The predicted octanol–water partition coefficient (Wildman–Crippen LogP) is 3.11. The first kappa shape index (κ1) is 26.3. The zero-order valence-corrected chi connectivity index (χ0v) is 20.4. The molecule has 0 aromatic heterocycles. The summed E-state index contributed by atoms with van der Waals surface area (Å²) in [5, 5.41) is 25.0.